The molecule has 50 heavy (non-hydrogen) atoms. The van der Waals surface area contributed by atoms with Crippen LogP contribution in [0.15, 0.2) is 60.2 Å². The van der Waals surface area contributed by atoms with E-state index in [1.807, 2.05) is 0 Å². The highest BCUT2D eigenvalue weighted by molar-refractivity contribution is 5.78. The van der Waals surface area contributed by atoms with Gasteiger partial charge in [-0.2, -0.15) is 0 Å². The molecule has 0 N–H and O–H groups in total. The molecule has 2 nitrogen and oxygen atoms in total. The standard InChI is InChI=1S/C48H76N2/c1-4-7-10-11-12-13-14-15-16-17-18-19-20-21-22-23-24-25-26-27-29-31-42-36-38-44(39-37-42)48-46(34-9-6-3)41-47(50(48)49)45-35-30-33-43(40-45)32-28-8-5-2/h30,33,35-41H,4-29,31-32,34H2,1-3H3. The quantitative estimate of drug-likeness (QED) is 0.0559. The Balaban J connectivity index is 1.26. The summed E-state index contributed by atoms with van der Waals surface area (Å²) in [6.07, 6.45) is 41.5. The Morgan fingerprint density at radius 2 is 0.860 bits per heavy atom. The third-order valence-corrected chi connectivity index (χ3v) is 10.9. The third-order valence-electron chi connectivity index (χ3n) is 10.9. The highest BCUT2D eigenvalue weighted by Crippen LogP contribution is 2.37. The molecule has 0 atom stereocenters. The Morgan fingerprint density at radius 3 is 1.38 bits per heavy atom. The van der Waals surface area contributed by atoms with Crippen molar-refractivity contribution in [3.8, 4) is 0 Å². The molecule has 0 saturated carbocycles. The number of hydrogen-bond donors (Lipinski definition) is 0. The van der Waals surface area contributed by atoms with Crippen molar-refractivity contribution < 1.29 is 4.70 Å². The van der Waals surface area contributed by atoms with E-state index in [4.69, 9.17) is 0 Å². The van der Waals surface area contributed by atoms with E-state index in [-0.39, 0.29) is 0 Å². The zero-order chi connectivity index (χ0) is 35.5. The van der Waals surface area contributed by atoms with Gasteiger partial charge in [0.15, 0.2) is 0 Å². The number of benzene rings is 2. The fourth-order valence-corrected chi connectivity index (χ4v) is 7.68. The summed E-state index contributed by atoms with van der Waals surface area (Å²) in [5.74, 6) is 0. The lowest BCUT2D eigenvalue weighted by Gasteiger charge is -2.11. The second kappa shape index (κ2) is 27.2. The molecule has 2 aromatic carbocycles. The molecule has 0 unspecified atom stereocenters. The Kier molecular flexibility index (Phi) is 22.8. The number of aryl methyl sites for hydroxylation is 2. The number of rotatable bonds is 31. The first-order chi connectivity index (χ1) is 24.7. The van der Waals surface area contributed by atoms with Gasteiger partial charge in [0.05, 0.1) is 0 Å². The van der Waals surface area contributed by atoms with Gasteiger partial charge < -0.3 is 5.53 Å². The van der Waals surface area contributed by atoms with Crippen molar-refractivity contribution in [3.05, 3.63) is 88.0 Å². The predicted molar refractivity (Wildman–Crippen MR) is 220 cm³/mol. The highest BCUT2D eigenvalue weighted by atomic mass is 15.2. The van der Waals surface area contributed by atoms with Crippen LogP contribution in [0.4, 0.5) is 0 Å². The van der Waals surface area contributed by atoms with Gasteiger partial charge in [0.1, 0.15) is 0 Å². The maximum Gasteiger partial charge on any atom is 0.210 e. The molecule has 1 heterocycles. The zero-order valence-corrected chi connectivity index (χ0v) is 33.1. The monoisotopic (exact) mass is 681 g/mol. The van der Waals surface area contributed by atoms with E-state index < -0.39 is 0 Å². The summed E-state index contributed by atoms with van der Waals surface area (Å²) < 4.78 is 1.46. The van der Waals surface area contributed by atoms with E-state index in [0.29, 0.717) is 0 Å². The first-order valence-electron chi connectivity index (χ1n) is 21.8. The van der Waals surface area contributed by atoms with Gasteiger partial charge in [-0.15, -0.1) is 0 Å². The number of nitrogens with zero attached hydrogens (tertiary/aromatic N) is 2. The molecule has 0 amide bonds. The van der Waals surface area contributed by atoms with Crippen molar-refractivity contribution in [3.63, 3.8) is 0 Å². The van der Waals surface area contributed by atoms with E-state index in [1.54, 1.807) is 0 Å². The van der Waals surface area contributed by atoms with E-state index in [1.165, 1.54) is 175 Å². The Hall–Kier alpha value is -2.48. The molecule has 1 aliphatic rings. The molecule has 2 heteroatoms. The molecule has 0 radical (unpaired) electrons. The summed E-state index contributed by atoms with van der Waals surface area (Å²) in [6, 6.07) is 17.8. The first kappa shape index (κ1) is 41.9. The third kappa shape index (κ3) is 16.7. The van der Waals surface area contributed by atoms with E-state index >= 15 is 0 Å². The molecule has 0 saturated heterocycles. The summed E-state index contributed by atoms with van der Waals surface area (Å²) in [5, 5.41) is 0. The smallest absolute Gasteiger partial charge is 0.210 e. The van der Waals surface area contributed by atoms with Gasteiger partial charge in [-0.05, 0) is 73.9 Å². The van der Waals surface area contributed by atoms with Crippen molar-refractivity contribution in [2.75, 3.05) is 0 Å². The minimum atomic E-state index is 0.909. The van der Waals surface area contributed by atoms with Crippen LogP contribution in [0.3, 0.4) is 0 Å². The average Bonchev–Trinajstić information content (AvgIpc) is 3.47. The number of allylic oxidation sites excluding steroid dienone is 2. The maximum absolute atomic E-state index is 11.5. The fraction of sp³-hybridized carbons (Fsp3) is 0.667. The van der Waals surface area contributed by atoms with E-state index in [9.17, 15) is 5.53 Å². The fourth-order valence-electron chi connectivity index (χ4n) is 7.68. The second-order valence-electron chi connectivity index (χ2n) is 15.5. The SMILES string of the molecule is CCCCCCCCCCCCCCCCCCCCCCCc1ccc(C2=C(CCCC)C=C(c3cccc(CCCCC)c3)[N+]2=[N-])cc1. The van der Waals surface area contributed by atoms with Gasteiger partial charge in [0, 0.05) is 22.8 Å². The van der Waals surface area contributed by atoms with Crippen LogP contribution >= 0.6 is 0 Å². The van der Waals surface area contributed by atoms with Gasteiger partial charge in [-0.3, -0.25) is 0 Å². The van der Waals surface area contributed by atoms with E-state index in [2.05, 4.69) is 75.4 Å². The lowest BCUT2D eigenvalue weighted by molar-refractivity contribution is -0.344. The van der Waals surface area contributed by atoms with Gasteiger partial charge >= 0.3 is 0 Å². The molecular formula is C48H76N2. The molecule has 0 spiro atoms. The lowest BCUT2D eigenvalue weighted by atomic mass is 9.99. The van der Waals surface area contributed by atoms with Crippen molar-refractivity contribution in [1.82, 2.24) is 0 Å². The molecular weight excluding hydrogens is 605 g/mol. The van der Waals surface area contributed by atoms with E-state index in [0.717, 1.165) is 54.6 Å². The van der Waals surface area contributed by atoms with Crippen LogP contribution in [0, 0.1) is 0 Å². The van der Waals surface area contributed by atoms with Crippen LogP contribution < -0.4 is 0 Å². The van der Waals surface area contributed by atoms with Crippen molar-refractivity contribution in [2.45, 2.75) is 207 Å². The van der Waals surface area contributed by atoms with Crippen LogP contribution in [-0.4, -0.2) is 4.70 Å². The molecule has 0 aliphatic carbocycles. The summed E-state index contributed by atoms with van der Waals surface area (Å²) in [6.45, 7) is 6.80. The minimum Gasteiger partial charge on any atom is -0.493 e. The largest absolute Gasteiger partial charge is 0.493 e. The topological polar surface area (TPSA) is 25.3 Å². The summed E-state index contributed by atoms with van der Waals surface area (Å²) in [5.41, 5.74) is 19.6. The molecule has 3 rings (SSSR count). The second-order valence-corrected chi connectivity index (χ2v) is 15.5. The van der Waals surface area contributed by atoms with Gasteiger partial charge in [-0.25, -0.2) is 4.70 Å². The Morgan fingerprint density at radius 1 is 0.420 bits per heavy atom. The molecule has 0 fully saturated rings. The maximum atomic E-state index is 11.5. The minimum absolute atomic E-state index is 0.909. The first-order valence-corrected chi connectivity index (χ1v) is 21.8. The molecule has 0 aromatic heterocycles. The molecule has 2 aromatic rings. The highest BCUT2D eigenvalue weighted by Gasteiger charge is 2.28. The normalized spacial score (nSPS) is 13.1. The molecule has 0 bridgehead atoms. The van der Waals surface area contributed by atoms with Crippen molar-refractivity contribution >= 4 is 11.4 Å². The predicted octanol–water partition coefficient (Wildman–Crippen LogP) is 16.2. The summed E-state index contributed by atoms with van der Waals surface area (Å²) >= 11 is 0. The van der Waals surface area contributed by atoms with Crippen molar-refractivity contribution in [1.29, 1.82) is 0 Å². The number of hydrogen-bond acceptors (Lipinski definition) is 0. The van der Waals surface area contributed by atoms with Crippen molar-refractivity contribution in [2.24, 2.45) is 0 Å². The summed E-state index contributed by atoms with van der Waals surface area (Å²) in [4.78, 5) is 0. The average molecular weight is 681 g/mol. The van der Waals surface area contributed by atoms with Crippen LogP contribution in [-0.2, 0) is 12.8 Å². The Labute approximate surface area is 310 Å². The summed E-state index contributed by atoms with van der Waals surface area (Å²) in [7, 11) is 0. The lowest BCUT2D eigenvalue weighted by Crippen LogP contribution is -2.03. The molecule has 1 aliphatic heterocycles. The van der Waals surface area contributed by atoms with Crippen LogP contribution in [0.5, 0.6) is 0 Å². The van der Waals surface area contributed by atoms with Gasteiger partial charge in [0.2, 0.25) is 11.4 Å². The number of unbranched alkanes of at least 4 members (excludes halogenated alkanes) is 23. The van der Waals surface area contributed by atoms with Gasteiger partial charge in [-0.1, -0.05) is 193 Å². The Bertz CT molecular complexity index is 1230. The zero-order valence-electron chi connectivity index (χ0n) is 33.1. The van der Waals surface area contributed by atoms with Crippen LogP contribution in [0.1, 0.15) is 216 Å². The van der Waals surface area contributed by atoms with Crippen LogP contribution in [0.2, 0.25) is 0 Å². The molecule has 278 valence electrons. The van der Waals surface area contributed by atoms with Crippen LogP contribution in [0.25, 0.3) is 16.9 Å². The van der Waals surface area contributed by atoms with Gasteiger partial charge in [0.25, 0.3) is 0 Å².